The lowest BCUT2D eigenvalue weighted by Gasteiger charge is -2.27. The molecule has 0 unspecified atom stereocenters. The third kappa shape index (κ3) is 3.45. The number of benzene rings is 1. The number of halogens is 1. The number of aromatic nitrogens is 2. The van der Waals surface area contributed by atoms with E-state index in [4.69, 9.17) is 0 Å². The highest BCUT2D eigenvalue weighted by Gasteiger charge is 2.22. The highest BCUT2D eigenvalue weighted by molar-refractivity contribution is 7.90. The van der Waals surface area contributed by atoms with Crippen molar-refractivity contribution in [3.63, 3.8) is 0 Å². The first kappa shape index (κ1) is 16.1. The van der Waals surface area contributed by atoms with Gasteiger partial charge in [-0.2, -0.15) is 5.10 Å². The first-order valence-electron chi connectivity index (χ1n) is 7.61. The van der Waals surface area contributed by atoms with Gasteiger partial charge in [0.1, 0.15) is 10.7 Å². The molecule has 0 spiro atoms. The van der Waals surface area contributed by atoms with Gasteiger partial charge in [0.25, 0.3) is 0 Å². The van der Waals surface area contributed by atoms with Crippen molar-refractivity contribution in [2.75, 3.05) is 6.26 Å². The van der Waals surface area contributed by atoms with E-state index in [-0.39, 0.29) is 10.9 Å². The second kappa shape index (κ2) is 6.05. The molecule has 0 aliphatic heterocycles. The van der Waals surface area contributed by atoms with Crippen LogP contribution in [0.1, 0.15) is 36.2 Å². The van der Waals surface area contributed by atoms with Gasteiger partial charge in [-0.05, 0) is 49.4 Å². The molecule has 1 aromatic carbocycles. The molecule has 5 nitrogen and oxygen atoms in total. The Kier molecular flexibility index (Phi) is 4.25. The molecule has 7 heteroatoms. The van der Waals surface area contributed by atoms with Gasteiger partial charge < -0.3 is 5.32 Å². The number of nitrogens with one attached hydrogen (secondary N) is 2. The summed E-state index contributed by atoms with van der Waals surface area (Å²) in [6.45, 7) is 1.96. The molecule has 1 aliphatic carbocycles. The summed E-state index contributed by atoms with van der Waals surface area (Å²) < 4.78 is 37.0. The minimum atomic E-state index is -3.54. The summed E-state index contributed by atoms with van der Waals surface area (Å²) in [5.74, 6) is -0.695. The van der Waals surface area contributed by atoms with Crippen LogP contribution in [0.3, 0.4) is 0 Å². The lowest BCUT2D eigenvalue weighted by molar-refractivity contribution is 0.411. The Hall–Kier alpha value is -1.73. The molecule has 23 heavy (non-hydrogen) atoms. The summed E-state index contributed by atoms with van der Waals surface area (Å²) >= 11 is 0. The zero-order chi connectivity index (χ0) is 16.6. The molecule has 2 aromatic rings. The van der Waals surface area contributed by atoms with Gasteiger partial charge in [-0.1, -0.05) is 6.07 Å². The summed E-state index contributed by atoms with van der Waals surface area (Å²) in [5.41, 5.74) is 3.16. The van der Waals surface area contributed by atoms with E-state index in [2.05, 4.69) is 15.5 Å². The van der Waals surface area contributed by atoms with Gasteiger partial charge in [0.05, 0.1) is 6.20 Å². The van der Waals surface area contributed by atoms with E-state index in [1.54, 1.807) is 6.07 Å². The SMILES string of the molecule is C[C@H](N[C@H]1CCc2[nH]ncc2C1)c1ccc(S(C)(=O)=O)c(F)c1. The molecule has 1 aliphatic rings. The third-order valence-electron chi connectivity index (χ3n) is 4.36. The Morgan fingerprint density at radius 1 is 1.43 bits per heavy atom. The number of fused-ring (bicyclic) bond motifs is 1. The molecule has 2 atom stereocenters. The molecule has 0 fully saturated rings. The summed E-state index contributed by atoms with van der Waals surface area (Å²) in [5, 5.41) is 10.6. The second-order valence-electron chi connectivity index (χ2n) is 6.16. The quantitative estimate of drug-likeness (QED) is 0.896. The number of nitrogens with zero attached hydrogens (tertiary/aromatic N) is 1. The van der Waals surface area contributed by atoms with Crippen molar-refractivity contribution in [3.8, 4) is 0 Å². The summed E-state index contributed by atoms with van der Waals surface area (Å²) in [4.78, 5) is -0.255. The van der Waals surface area contributed by atoms with Gasteiger partial charge in [0.2, 0.25) is 0 Å². The first-order valence-corrected chi connectivity index (χ1v) is 9.50. The van der Waals surface area contributed by atoms with Crippen LogP contribution in [0.15, 0.2) is 29.3 Å². The van der Waals surface area contributed by atoms with Gasteiger partial charge in [0.15, 0.2) is 9.84 Å². The summed E-state index contributed by atoms with van der Waals surface area (Å²) in [7, 11) is -3.54. The van der Waals surface area contributed by atoms with Crippen molar-refractivity contribution in [3.05, 3.63) is 47.0 Å². The largest absolute Gasteiger partial charge is 0.307 e. The molecule has 0 amide bonds. The van der Waals surface area contributed by atoms with E-state index >= 15 is 0 Å². The molecule has 0 bridgehead atoms. The van der Waals surface area contributed by atoms with E-state index in [9.17, 15) is 12.8 Å². The smallest absolute Gasteiger partial charge is 0.178 e. The Morgan fingerprint density at radius 3 is 2.91 bits per heavy atom. The van der Waals surface area contributed by atoms with Gasteiger partial charge >= 0.3 is 0 Å². The van der Waals surface area contributed by atoms with Crippen LogP contribution in [0, 0.1) is 5.82 Å². The van der Waals surface area contributed by atoms with E-state index in [1.807, 2.05) is 13.1 Å². The fourth-order valence-corrected chi connectivity index (χ4v) is 3.82. The van der Waals surface area contributed by atoms with Gasteiger partial charge in [0, 0.05) is 24.0 Å². The molecule has 0 saturated carbocycles. The van der Waals surface area contributed by atoms with Crippen LogP contribution in [0.2, 0.25) is 0 Å². The second-order valence-corrected chi connectivity index (χ2v) is 8.15. The van der Waals surface area contributed by atoms with Crippen molar-refractivity contribution in [2.24, 2.45) is 0 Å². The predicted molar refractivity (Wildman–Crippen MR) is 85.5 cm³/mol. The minimum absolute atomic E-state index is 0.0587. The van der Waals surface area contributed by atoms with Crippen molar-refractivity contribution >= 4 is 9.84 Å². The number of H-pyrrole nitrogens is 1. The maximum absolute atomic E-state index is 14.0. The summed E-state index contributed by atoms with van der Waals surface area (Å²) in [6.07, 6.45) is 5.69. The highest BCUT2D eigenvalue weighted by atomic mass is 32.2. The van der Waals surface area contributed by atoms with Crippen LogP contribution in [0.5, 0.6) is 0 Å². The van der Waals surface area contributed by atoms with Crippen molar-refractivity contribution < 1.29 is 12.8 Å². The lowest BCUT2D eigenvalue weighted by atomic mass is 9.92. The fourth-order valence-electron chi connectivity index (χ4n) is 3.10. The molecular formula is C16H20FN3O2S. The Bertz CT molecular complexity index is 816. The third-order valence-corrected chi connectivity index (χ3v) is 5.49. The van der Waals surface area contributed by atoms with Crippen molar-refractivity contribution in [1.29, 1.82) is 0 Å². The monoisotopic (exact) mass is 337 g/mol. The normalized spacial score (nSPS) is 19.3. The number of aryl methyl sites for hydroxylation is 1. The minimum Gasteiger partial charge on any atom is -0.307 e. The van der Waals surface area contributed by atoms with Crippen LogP contribution >= 0.6 is 0 Å². The molecule has 0 radical (unpaired) electrons. The average molecular weight is 337 g/mol. The predicted octanol–water partition coefficient (Wildman–Crippen LogP) is 2.16. The molecule has 0 saturated heterocycles. The molecular weight excluding hydrogens is 317 g/mol. The number of hydrogen-bond acceptors (Lipinski definition) is 4. The van der Waals surface area contributed by atoms with E-state index in [0.29, 0.717) is 6.04 Å². The highest BCUT2D eigenvalue weighted by Crippen LogP contribution is 2.24. The molecule has 124 valence electrons. The van der Waals surface area contributed by atoms with Crippen LogP contribution in [-0.2, 0) is 22.7 Å². The van der Waals surface area contributed by atoms with Gasteiger partial charge in [-0.15, -0.1) is 0 Å². The summed E-state index contributed by atoms with van der Waals surface area (Å²) in [6, 6.07) is 4.56. The van der Waals surface area contributed by atoms with Crippen LogP contribution in [-0.4, -0.2) is 30.9 Å². The number of aromatic amines is 1. The standard InChI is InChI=1S/C16H20FN3O2S/c1-10(11-3-6-16(14(17)8-11)23(2,21)22)19-13-4-5-15-12(7-13)9-18-20-15/h3,6,8-10,13,19H,4-5,7H2,1-2H3,(H,18,20)/t10-,13-/m0/s1. The van der Waals surface area contributed by atoms with Crippen molar-refractivity contribution in [1.82, 2.24) is 15.5 Å². The topological polar surface area (TPSA) is 74.8 Å². The first-order chi connectivity index (χ1) is 10.8. The Balaban J connectivity index is 1.72. The van der Waals surface area contributed by atoms with Crippen LogP contribution in [0.25, 0.3) is 0 Å². The Morgan fingerprint density at radius 2 is 2.22 bits per heavy atom. The Labute approximate surface area is 135 Å². The number of sulfone groups is 1. The molecule has 1 heterocycles. The average Bonchev–Trinajstić information content (AvgIpc) is 2.93. The van der Waals surface area contributed by atoms with Crippen molar-refractivity contribution in [2.45, 2.75) is 43.2 Å². The van der Waals surface area contributed by atoms with Gasteiger partial charge in [-0.3, -0.25) is 5.10 Å². The van der Waals surface area contributed by atoms with E-state index in [1.165, 1.54) is 23.4 Å². The molecule has 3 rings (SSSR count). The van der Waals surface area contributed by atoms with Crippen LogP contribution < -0.4 is 5.32 Å². The molecule has 2 N–H and O–H groups in total. The van der Waals surface area contributed by atoms with Crippen LogP contribution in [0.4, 0.5) is 4.39 Å². The number of rotatable bonds is 4. The number of hydrogen-bond donors (Lipinski definition) is 2. The maximum atomic E-state index is 14.0. The molecule has 1 aromatic heterocycles. The van der Waals surface area contributed by atoms with Gasteiger partial charge in [-0.25, -0.2) is 12.8 Å². The fraction of sp³-hybridized carbons (Fsp3) is 0.438. The maximum Gasteiger partial charge on any atom is 0.178 e. The zero-order valence-corrected chi connectivity index (χ0v) is 14.0. The van der Waals surface area contributed by atoms with E-state index in [0.717, 1.165) is 31.1 Å². The van der Waals surface area contributed by atoms with E-state index < -0.39 is 15.7 Å². The lowest BCUT2D eigenvalue weighted by Crippen LogP contribution is -2.36. The zero-order valence-electron chi connectivity index (χ0n) is 13.1.